The highest BCUT2D eigenvalue weighted by Gasteiger charge is 2.31. The fraction of sp³-hybridized carbons (Fsp3) is 0.111. The van der Waals surface area contributed by atoms with Crippen molar-refractivity contribution in [1.29, 1.82) is 0 Å². The molecule has 0 fully saturated rings. The zero-order valence-electron chi connectivity index (χ0n) is 15.2. The average Bonchev–Trinajstić information content (AvgIpc) is 3.00. The van der Waals surface area contributed by atoms with Crippen LogP contribution in [0.4, 0.5) is 18.9 Å². The third-order valence-corrected chi connectivity index (χ3v) is 8.99. The van der Waals surface area contributed by atoms with Gasteiger partial charge in [0.2, 0.25) is 5.12 Å². The minimum atomic E-state index is -4.57. The summed E-state index contributed by atoms with van der Waals surface area (Å²) < 4.78 is 45.1. The highest BCUT2D eigenvalue weighted by atomic mass is 35.5. The number of carbonyl (C=O) groups excluding carboxylic acids is 1. The molecule has 0 atom stereocenters. The Morgan fingerprint density at radius 2 is 1.94 bits per heavy atom. The molecule has 0 N–H and O–H groups in total. The quantitative estimate of drug-likeness (QED) is 0.110. The molecule has 13 heteroatoms. The van der Waals surface area contributed by atoms with Gasteiger partial charge in [0.05, 0.1) is 19.7 Å². The third kappa shape index (κ3) is 5.44. The number of ether oxygens (including phenoxy) is 1. The number of halogens is 4. The van der Waals surface area contributed by atoms with Gasteiger partial charge >= 0.3 is 6.18 Å². The zero-order chi connectivity index (χ0) is 22.9. The smallest absolute Gasteiger partial charge is 0.416 e. The summed E-state index contributed by atoms with van der Waals surface area (Å²) in [6, 6.07) is 6.00. The van der Waals surface area contributed by atoms with Crippen LogP contribution >= 0.6 is 56.3 Å². The van der Waals surface area contributed by atoms with Gasteiger partial charge in [-0.25, -0.2) is 0 Å². The second kappa shape index (κ2) is 9.25. The SMILES string of the molecule is Cc1c(SC(=O)c2cc(Oc3ccc(C(F)(F)F)cc3Cl)ccc2[N+](=O)[O-])ssc1=S. The van der Waals surface area contributed by atoms with Crippen LogP contribution in [0, 0.1) is 20.9 Å². The van der Waals surface area contributed by atoms with E-state index in [1.54, 1.807) is 6.92 Å². The van der Waals surface area contributed by atoms with E-state index in [0.29, 0.717) is 14.1 Å². The van der Waals surface area contributed by atoms with Gasteiger partial charge in [-0.05, 0) is 49.0 Å². The standard InChI is InChI=1S/C18H9ClF3NO4S4/c1-8-16(28)30-31-17(8)29-15(24)11-7-10(3-4-13(11)23(25)26)27-14-5-2-9(6-12(14)19)18(20,21)22/h2-7H,1H3. The van der Waals surface area contributed by atoms with Gasteiger partial charge in [-0.1, -0.05) is 44.5 Å². The molecule has 0 unspecified atom stereocenters. The molecule has 31 heavy (non-hydrogen) atoms. The lowest BCUT2D eigenvalue weighted by atomic mass is 10.2. The van der Waals surface area contributed by atoms with Crippen molar-refractivity contribution in [3.8, 4) is 11.5 Å². The van der Waals surface area contributed by atoms with Gasteiger partial charge in [0.1, 0.15) is 20.9 Å². The number of rotatable bonds is 5. The Morgan fingerprint density at radius 3 is 2.48 bits per heavy atom. The lowest BCUT2D eigenvalue weighted by Gasteiger charge is -2.12. The fourth-order valence-corrected chi connectivity index (χ4v) is 6.67. The lowest BCUT2D eigenvalue weighted by molar-refractivity contribution is -0.385. The molecule has 3 rings (SSSR count). The summed E-state index contributed by atoms with van der Waals surface area (Å²) >= 11 is 11.8. The monoisotopic (exact) mass is 523 g/mol. The molecule has 0 bridgehead atoms. The summed E-state index contributed by atoms with van der Waals surface area (Å²) in [7, 11) is 2.61. The van der Waals surface area contributed by atoms with Crippen molar-refractivity contribution in [2.75, 3.05) is 0 Å². The molecule has 2 aromatic carbocycles. The van der Waals surface area contributed by atoms with Crippen LogP contribution < -0.4 is 4.74 Å². The Morgan fingerprint density at radius 1 is 1.23 bits per heavy atom. The van der Waals surface area contributed by atoms with Crippen molar-refractivity contribution < 1.29 is 27.6 Å². The van der Waals surface area contributed by atoms with Crippen molar-refractivity contribution in [3.05, 3.63) is 72.0 Å². The lowest BCUT2D eigenvalue weighted by Crippen LogP contribution is -2.04. The van der Waals surface area contributed by atoms with Gasteiger partial charge in [0.25, 0.3) is 5.69 Å². The fourth-order valence-electron chi connectivity index (χ4n) is 2.30. The van der Waals surface area contributed by atoms with Gasteiger partial charge in [-0.3, -0.25) is 14.9 Å². The van der Waals surface area contributed by atoms with E-state index in [-0.39, 0.29) is 22.1 Å². The molecule has 0 spiro atoms. The molecule has 0 saturated carbocycles. The van der Waals surface area contributed by atoms with E-state index >= 15 is 0 Å². The van der Waals surface area contributed by atoms with Crippen LogP contribution in [0.3, 0.4) is 0 Å². The first kappa shape index (κ1) is 23.7. The van der Waals surface area contributed by atoms with Crippen LogP contribution in [0.2, 0.25) is 5.02 Å². The van der Waals surface area contributed by atoms with E-state index in [1.165, 1.54) is 26.7 Å². The second-order valence-corrected chi connectivity index (χ2v) is 10.4. The predicted molar refractivity (Wildman–Crippen MR) is 118 cm³/mol. The Balaban J connectivity index is 1.93. The summed E-state index contributed by atoms with van der Waals surface area (Å²) in [4.78, 5) is 23.4. The van der Waals surface area contributed by atoms with Gasteiger partial charge in [-0.2, -0.15) is 13.2 Å². The van der Waals surface area contributed by atoms with E-state index in [9.17, 15) is 28.1 Å². The van der Waals surface area contributed by atoms with E-state index in [0.717, 1.165) is 41.6 Å². The molecular formula is C18H9ClF3NO4S4. The molecule has 0 aliphatic heterocycles. The minimum Gasteiger partial charge on any atom is -0.456 e. The number of nitro benzene ring substituents is 1. The van der Waals surface area contributed by atoms with Crippen LogP contribution in [-0.2, 0) is 6.18 Å². The van der Waals surface area contributed by atoms with Gasteiger partial charge in [0, 0.05) is 11.6 Å². The maximum atomic E-state index is 12.8. The summed E-state index contributed by atoms with van der Waals surface area (Å²) in [5.74, 6) is -0.0906. The zero-order valence-corrected chi connectivity index (χ0v) is 19.2. The predicted octanol–water partition coefficient (Wildman–Crippen LogP) is 8.15. The second-order valence-electron chi connectivity index (χ2n) is 5.94. The summed E-state index contributed by atoms with van der Waals surface area (Å²) in [6.07, 6.45) is -4.57. The van der Waals surface area contributed by atoms with Crippen LogP contribution in [0.15, 0.2) is 40.6 Å². The Kier molecular flexibility index (Phi) is 7.06. The number of carbonyl (C=O) groups is 1. The number of benzene rings is 2. The minimum absolute atomic E-state index is 0.00545. The van der Waals surface area contributed by atoms with Crippen LogP contribution in [0.1, 0.15) is 21.5 Å². The van der Waals surface area contributed by atoms with Crippen molar-refractivity contribution in [1.82, 2.24) is 0 Å². The number of alkyl halides is 3. The molecule has 0 amide bonds. The first-order valence-electron chi connectivity index (χ1n) is 8.12. The highest BCUT2D eigenvalue weighted by molar-refractivity contribution is 8.16. The number of hydrogen-bond donors (Lipinski definition) is 0. The molecule has 0 aliphatic rings. The molecular weight excluding hydrogens is 515 g/mol. The first-order valence-corrected chi connectivity index (χ1v) is 11.9. The van der Waals surface area contributed by atoms with Gasteiger partial charge in [-0.15, -0.1) is 0 Å². The van der Waals surface area contributed by atoms with Crippen molar-refractivity contribution >= 4 is 67.1 Å². The van der Waals surface area contributed by atoms with Gasteiger partial charge in [0.15, 0.2) is 0 Å². The Labute approximate surface area is 195 Å². The number of thioether (sulfide) groups is 1. The van der Waals surface area contributed by atoms with E-state index in [2.05, 4.69) is 0 Å². The van der Waals surface area contributed by atoms with E-state index in [1.807, 2.05) is 0 Å². The van der Waals surface area contributed by atoms with Crippen molar-refractivity contribution in [2.24, 2.45) is 0 Å². The topological polar surface area (TPSA) is 69.4 Å². The summed E-state index contributed by atoms with van der Waals surface area (Å²) in [5, 5.41) is 10.5. The number of nitrogens with zero attached hydrogens (tertiary/aromatic N) is 1. The Bertz CT molecular complexity index is 1240. The maximum absolute atomic E-state index is 12.8. The molecule has 1 aromatic heterocycles. The first-order chi connectivity index (χ1) is 14.5. The van der Waals surface area contributed by atoms with Crippen LogP contribution in [0.25, 0.3) is 0 Å². The molecule has 5 nitrogen and oxygen atoms in total. The molecule has 3 aromatic rings. The molecule has 0 saturated heterocycles. The third-order valence-electron chi connectivity index (χ3n) is 3.86. The van der Waals surface area contributed by atoms with Crippen molar-refractivity contribution in [2.45, 2.75) is 17.3 Å². The largest absolute Gasteiger partial charge is 0.456 e. The van der Waals surface area contributed by atoms with Crippen LogP contribution in [-0.4, -0.2) is 10.0 Å². The number of hydrogen-bond acceptors (Lipinski definition) is 8. The summed E-state index contributed by atoms with van der Waals surface area (Å²) in [6.45, 7) is 1.76. The normalized spacial score (nSPS) is 11.4. The maximum Gasteiger partial charge on any atom is 0.416 e. The van der Waals surface area contributed by atoms with Crippen molar-refractivity contribution in [3.63, 3.8) is 0 Å². The highest BCUT2D eigenvalue weighted by Crippen LogP contribution is 2.39. The van der Waals surface area contributed by atoms with Gasteiger partial charge < -0.3 is 4.74 Å². The molecule has 0 radical (unpaired) electrons. The average molecular weight is 524 g/mol. The van der Waals surface area contributed by atoms with E-state index in [4.69, 9.17) is 28.6 Å². The molecule has 1 heterocycles. The Hall–Kier alpha value is -1.99. The molecule has 162 valence electrons. The summed E-state index contributed by atoms with van der Waals surface area (Å²) in [5.41, 5.74) is -0.858. The molecule has 0 aliphatic carbocycles. The van der Waals surface area contributed by atoms with Crippen LogP contribution in [0.5, 0.6) is 11.5 Å². The van der Waals surface area contributed by atoms with E-state index < -0.39 is 27.5 Å². The number of nitro groups is 1.